The molecule has 1 amide bonds. The molecule has 2 heterocycles. The van der Waals surface area contributed by atoms with Crippen LogP contribution in [0.1, 0.15) is 19.0 Å². The van der Waals surface area contributed by atoms with Crippen LogP contribution in [0, 0.1) is 6.92 Å². The molecule has 2 N–H and O–H groups in total. The first-order valence-corrected chi connectivity index (χ1v) is 7.70. The maximum Gasteiger partial charge on any atom is 0.247 e. The molecule has 0 spiro atoms. The molecule has 18 heavy (non-hydrogen) atoms. The molecule has 0 bridgehead atoms. The van der Waals surface area contributed by atoms with Gasteiger partial charge in [0.2, 0.25) is 5.91 Å². The Bertz CT molecular complexity index is 497. The van der Waals surface area contributed by atoms with E-state index in [9.17, 15) is 9.00 Å². The van der Waals surface area contributed by atoms with Crippen molar-refractivity contribution in [2.45, 2.75) is 32.9 Å². The maximum absolute atomic E-state index is 11.9. The zero-order valence-electron chi connectivity index (χ0n) is 10.8. The SMILES string of the molecule is CCn1nc(C)c2c1NC(CCS(C)=O)C(=O)N2. The number of hydrogen-bond donors (Lipinski definition) is 2. The molecule has 0 saturated heterocycles. The van der Waals surface area contributed by atoms with Crippen LogP contribution >= 0.6 is 0 Å². The molecule has 6 nitrogen and oxygen atoms in total. The number of aryl methyl sites for hydroxylation is 2. The van der Waals surface area contributed by atoms with Crippen molar-refractivity contribution in [1.82, 2.24) is 9.78 Å². The molecule has 2 rings (SSSR count). The quantitative estimate of drug-likeness (QED) is 0.845. The van der Waals surface area contributed by atoms with Crippen LogP contribution in [0.15, 0.2) is 0 Å². The molecule has 1 aliphatic heterocycles. The standard InChI is InChI=1S/C11H18N4O2S/c1-4-15-10-9(7(2)14-15)13-11(16)8(12-10)5-6-18(3)17/h8,12H,4-6H2,1-3H3,(H,13,16). The molecule has 1 aliphatic rings. The van der Waals surface area contributed by atoms with E-state index >= 15 is 0 Å². The fraction of sp³-hybridized carbons (Fsp3) is 0.636. The first kappa shape index (κ1) is 13.1. The summed E-state index contributed by atoms with van der Waals surface area (Å²) in [5.41, 5.74) is 1.57. The minimum absolute atomic E-state index is 0.0771. The average Bonchev–Trinajstić information content (AvgIpc) is 2.63. The monoisotopic (exact) mass is 270 g/mol. The number of amides is 1. The van der Waals surface area contributed by atoms with Crippen LogP contribution in [0.4, 0.5) is 11.5 Å². The topological polar surface area (TPSA) is 76.0 Å². The van der Waals surface area contributed by atoms with E-state index in [-0.39, 0.29) is 11.9 Å². The summed E-state index contributed by atoms with van der Waals surface area (Å²) < 4.78 is 12.9. The summed E-state index contributed by atoms with van der Waals surface area (Å²) in [6.07, 6.45) is 2.20. The first-order valence-electron chi connectivity index (χ1n) is 5.97. The van der Waals surface area contributed by atoms with E-state index in [1.54, 1.807) is 6.26 Å². The van der Waals surface area contributed by atoms with E-state index in [0.717, 1.165) is 23.7 Å². The highest BCUT2D eigenvalue weighted by Crippen LogP contribution is 2.30. The average molecular weight is 270 g/mol. The van der Waals surface area contributed by atoms with E-state index in [2.05, 4.69) is 15.7 Å². The zero-order valence-corrected chi connectivity index (χ0v) is 11.6. The molecule has 1 aromatic heterocycles. The van der Waals surface area contributed by atoms with E-state index in [0.29, 0.717) is 12.2 Å². The van der Waals surface area contributed by atoms with E-state index in [4.69, 9.17) is 0 Å². The van der Waals surface area contributed by atoms with Crippen molar-refractivity contribution >= 4 is 28.2 Å². The van der Waals surface area contributed by atoms with Crippen molar-refractivity contribution in [2.24, 2.45) is 0 Å². The van der Waals surface area contributed by atoms with Crippen LogP contribution in [-0.4, -0.2) is 37.9 Å². The number of rotatable bonds is 4. The summed E-state index contributed by atoms with van der Waals surface area (Å²) in [5.74, 6) is 1.29. The number of aromatic nitrogens is 2. The van der Waals surface area contributed by atoms with Crippen molar-refractivity contribution in [3.05, 3.63) is 5.69 Å². The van der Waals surface area contributed by atoms with Crippen LogP contribution < -0.4 is 10.6 Å². The van der Waals surface area contributed by atoms with Gasteiger partial charge in [-0.3, -0.25) is 9.00 Å². The van der Waals surface area contributed by atoms with Gasteiger partial charge >= 0.3 is 0 Å². The molecule has 0 radical (unpaired) electrons. The summed E-state index contributed by atoms with van der Waals surface area (Å²) in [6, 6.07) is -0.331. The molecule has 0 fully saturated rings. The highest BCUT2D eigenvalue weighted by molar-refractivity contribution is 7.84. The lowest BCUT2D eigenvalue weighted by Crippen LogP contribution is -2.40. The third-order valence-corrected chi connectivity index (χ3v) is 3.81. The number of fused-ring (bicyclic) bond motifs is 1. The van der Waals surface area contributed by atoms with Gasteiger partial charge in [0, 0.05) is 29.4 Å². The van der Waals surface area contributed by atoms with Crippen molar-refractivity contribution in [3.63, 3.8) is 0 Å². The Morgan fingerprint density at radius 1 is 1.50 bits per heavy atom. The van der Waals surface area contributed by atoms with Gasteiger partial charge in [-0.25, -0.2) is 4.68 Å². The molecule has 0 saturated carbocycles. The summed E-state index contributed by atoms with van der Waals surface area (Å²) in [6.45, 7) is 4.61. The minimum Gasteiger partial charge on any atom is -0.357 e. The Morgan fingerprint density at radius 2 is 2.22 bits per heavy atom. The highest BCUT2D eigenvalue weighted by Gasteiger charge is 2.29. The lowest BCUT2D eigenvalue weighted by molar-refractivity contribution is -0.117. The Morgan fingerprint density at radius 3 is 2.83 bits per heavy atom. The van der Waals surface area contributed by atoms with Gasteiger partial charge in [0.25, 0.3) is 0 Å². The van der Waals surface area contributed by atoms with Crippen LogP contribution in [0.25, 0.3) is 0 Å². The van der Waals surface area contributed by atoms with Crippen molar-refractivity contribution in [1.29, 1.82) is 0 Å². The molecule has 0 aliphatic carbocycles. The lowest BCUT2D eigenvalue weighted by atomic mass is 10.1. The normalized spacial score (nSPS) is 19.9. The van der Waals surface area contributed by atoms with Gasteiger partial charge < -0.3 is 10.6 Å². The maximum atomic E-state index is 11.9. The van der Waals surface area contributed by atoms with Crippen LogP contribution in [0.3, 0.4) is 0 Å². The molecule has 0 aromatic carbocycles. The third-order valence-electron chi connectivity index (χ3n) is 3.00. The van der Waals surface area contributed by atoms with E-state index in [1.165, 1.54) is 0 Å². The van der Waals surface area contributed by atoms with Crippen LogP contribution in [0.5, 0.6) is 0 Å². The van der Waals surface area contributed by atoms with Crippen molar-refractivity contribution in [2.75, 3.05) is 22.6 Å². The van der Waals surface area contributed by atoms with Crippen LogP contribution in [0.2, 0.25) is 0 Å². The van der Waals surface area contributed by atoms with Gasteiger partial charge in [0.05, 0.1) is 5.69 Å². The summed E-state index contributed by atoms with van der Waals surface area (Å²) in [7, 11) is -0.884. The van der Waals surface area contributed by atoms with Crippen molar-refractivity contribution in [3.8, 4) is 0 Å². The summed E-state index contributed by atoms with van der Waals surface area (Å²) >= 11 is 0. The van der Waals surface area contributed by atoms with Gasteiger partial charge in [-0.05, 0) is 20.3 Å². The second kappa shape index (κ2) is 5.09. The van der Waals surface area contributed by atoms with Gasteiger partial charge in [0.1, 0.15) is 17.5 Å². The van der Waals surface area contributed by atoms with E-state index < -0.39 is 10.8 Å². The zero-order chi connectivity index (χ0) is 13.3. The van der Waals surface area contributed by atoms with Crippen molar-refractivity contribution < 1.29 is 9.00 Å². The fourth-order valence-corrected chi connectivity index (χ4v) is 2.60. The minimum atomic E-state index is -0.884. The number of carbonyl (C=O) groups is 1. The van der Waals surface area contributed by atoms with Crippen LogP contribution in [-0.2, 0) is 22.1 Å². The molecule has 100 valence electrons. The smallest absolute Gasteiger partial charge is 0.247 e. The second-order valence-electron chi connectivity index (χ2n) is 4.38. The van der Waals surface area contributed by atoms with Gasteiger partial charge in [-0.15, -0.1) is 0 Å². The molecular weight excluding hydrogens is 252 g/mol. The predicted molar refractivity (Wildman–Crippen MR) is 72.2 cm³/mol. The number of carbonyl (C=O) groups excluding carboxylic acids is 1. The summed E-state index contributed by atoms with van der Waals surface area (Å²) in [5, 5.41) is 10.4. The fourth-order valence-electron chi connectivity index (χ4n) is 2.03. The number of nitrogens with zero attached hydrogens (tertiary/aromatic N) is 2. The third kappa shape index (κ3) is 2.40. The van der Waals surface area contributed by atoms with Gasteiger partial charge in [0.15, 0.2) is 0 Å². The Kier molecular flexibility index (Phi) is 3.70. The Hall–Kier alpha value is -1.37. The number of hydrogen-bond acceptors (Lipinski definition) is 4. The lowest BCUT2D eigenvalue weighted by Gasteiger charge is -2.25. The summed E-state index contributed by atoms with van der Waals surface area (Å²) in [4.78, 5) is 11.9. The molecule has 1 aromatic rings. The predicted octanol–water partition coefficient (Wildman–Crippen LogP) is 0.713. The van der Waals surface area contributed by atoms with E-state index in [1.807, 2.05) is 18.5 Å². The Labute approximate surface area is 109 Å². The van der Waals surface area contributed by atoms with Gasteiger partial charge in [-0.2, -0.15) is 5.10 Å². The second-order valence-corrected chi connectivity index (χ2v) is 5.93. The highest BCUT2D eigenvalue weighted by atomic mass is 32.2. The Balaban J connectivity index is 2.20. The van der Waals surface area contributed by atoms with Gasteiger partial charge in [-0.1, -0.05) is 0 Å². The molecule has 2 atom stereocenters. The number of anilines is 2. The largest absolute Gasteiger partial charge is 0.357 e. The molecular formula is C11H18N4O2S. The molecule has 2 unspecified atom stereocenters. The number of nitrogens with one attached hydrogen (secondary N) is 2. The first-order chi connectivity index (χ1) is 8.52. The molecule has 7 heteroatoms.